The maximum Gasteiger partial charge on any atom is 0.264 e. The Morgan fingerprint density at radius 1 is 0.951 bits per heavy atom. The fourth-order valence-electron chi connectivity index (χ4n) is 4.67. The van der Waals surface area contributed by atoms with E-state index in [9.17, 15) is 21.6 Å². The number of halogens is 1. The van der Waals surface area contributed by atoms with Crippen LogP contribution in [0.1, 0.15) is 18.4 Å². The molecule has 0 bridgehead atoms. The summed E-state index contributed by atoms with van der Waals surface area (Å²) in [5, 5.41) is 3.05. The zero-order chi connectivity index (χ0) is 29.2. The molecule has 2 aliphatic rings. The summed E-state index contributed by atoms with van der Waals surface area (Å²) in [4.78, 5) is 13.3. The van der Waals surface area contributed by atoms with Crippen LogP contribution >= 0.6 is 11.6 Å². The molecule has 0 radical (unpaired) electrons. The van der Waals surface area contributed by atoms with Crippen molar-refractivity contribution in [2.24, 2.45) is 0 Å². The van der Waals surface area contributed by atoms with Crippen molar-refractivity contribution >= 4 is 43.2 Å². The average molecular weight is 620 g/mol. The number of nitrogens with one attached hydrogen (secondary N) is 1. The molecule has 0 spiro atoms. The van der Waals surface area contributed by atoms with Gasteiger partial charge in [-0.3, -0.25) is 9.10 Å². The third kappa shape index (κ3) is 6.30. The van der Waals surface area contributed by atoms with Gasteiger partial charge in [0.15, 0.2) is 6.10 Å². The molecule has 1 N–H and O–H groups in total. The van der Waals surface area contributed by atoms with E-state index in [1.807, 2.05) is 6.92 Å². The number of hydrogen-bond acceptors (Lipinski definition) is 7. The Kier molecular flexibility index (Phi) is 8.46. The van der Waals surface area contributed by atoms with Gasteiger partial charge in [0.05, 0.1) is 28.6 Å². The molecule has 0 unspecified atom stereocenters. The highest BCUT2D eigenvalue weighted by Gasteiger charge is 2.37. The second kappa shape index (κ2) is 11.9. The molecule has 1 fully saturated rings. The molecule has 0 aliphatic carbocycles. The number of amides is 1. The van der Waals surface area contributed by atoms with Crippen molar-refractivity contribution in [2.45, 2.75) is 35.7 Å². The van der Waals surface area contributed by atoms with Crippen molar-refractivity contribution in [3.8, 4) is 11.5 Å². The van der Waals surface area contributed by atoms with Crippen LogP contribution in [-0.4, -0.2) is 65.9 Å². The Bertz CT molecular complexity index is 1620. The molecule has 2 aliphatic heterocycles. The number of fused-ring (bicyclic) bond motifs is 1. The van der Waals surface area contributed by atoms with E-state index in [-0.39, 0.29) is 40.9 Å². The molecule has 0 aromatic heterocycles. The van der Waals surface area contributed by atoms with Crippen LogP contribution in [0.4, 0.5) is 5.69 Å². The normalized spacial score (nSPS) is 17.5. The highest BCUT2D eigenvalue weighted by molar-refractivity contribution is 7.92. The van der Waals surface area contributed by atoms with E-state index >= 15 is 0 Å². The SMILES string of the molecule is Cc1ccc(S(=O)(=O)N2C[C@H](C(=O)NCCOc3ccc(S(=O)(=O)N4CCCC4)cc3)Oc3ccc(Cl)cc32)cc1. The number of hydrogen-bond donors (Lipinski definition) is 1. The number of carbonyl (C=O) groups is 1. The number of rotatable bonds is 9. The van der Waals surface area contributed by atoms with Gasteiger partial charge >= 0.3 is 0 Å². The van der Waals surface area contributed by atoms with Crippen LogP contribution in [0.3, 0.4) is 0 Å². The fourth-order valence-corrected chi connectivity index (χ4v) is 7.82. The molecule has 13 heteroatoms. The largest absolute Gasteiger partial charge is 0.492 e. The van der Waals surface area contributed by atoms with Crippen molar-refractivity contribution in [3.63, 3.8) is 0 Å². The minimum absolute atomic E-state index is 0.0859. The molecule has 3 aromatic rings. The number of nitrogens with zero attached hydrogens (tertiary/aromatic N) is 2. The number of benzene rings is 3. The molecule has 2 heterocycles. The van der Waals surface area contributed by atoms with E-state index in [1.54, 1.807) is 30.3 Å². The second-order valence-corrected chi connectivity index (χ2v) is 14.0. The molecule has 1 atom stereocenters. The molecular formula is C28H30ClN3O7S2. The van der Waals surface area contributed by atoms with Gasteiger partial charge in [-0.05, 0) is 74.4 Å². The molecular weight excluding hydrogens is 590 g/mol. The minimum Gasteiger partial charge on any atom is -0.492 e. The van der Waals surface area contributed by atoms with Crippen LogP contribution in [0, 0.1) is 6.92 Å². The molecule has 10 nitrogen and oxygen atoms in total. The van der Waals surface area contributed by atoms with Gasteiger partial charge in [0.25, 0.3) is 15.9 Å². The van der Waals surface area contributed by atoms with Crippen molar-refractivity contribution < 1.29 is 31.1 Å². The Balaban J connectivity index is 1.21. The molecule has 0 saturated carbocycles. The van der Waals surface area contributed by atoms with Gasteiger partial charge in [-0.1, -0.05) is 29.3 Å². The molecule has 218 valence electrons. The van der Waals surface area contributed by atoms with Crippen LogP contribution in [0.2, 0.25) is 5.02 Å². The Hall–Kier alpha value is -3.32. The zero-order valence-electron chi connectivity index (χ0n) is 22.3. The third-order valence-electron chi connectivity index (χ3n) is 6.89. The molecule has 5 rings (SSSR count). The summed E-state index contributed by atoms with van der Waals surface area (Å²) in [5.41, 5.74) is 1.16. The van der Waals surface area contributed by atoms with Crippen LogP contribution in [-0.2, 0) is 24.8 Å². The summed E-state index contributed by atoms with van der Waals surface area (Å²) >= 11 is 6.15. The first-order chi connectivity index (χ1) is 19.6. The van der Waals surface area contributed by atoms with Gasteiger partial charge in [-0.15, -0.1) is 0 Å². The maximum atomic E-state index is 13.6. The third-order valence-corrected chi connectivity index (χ3v) is 10.8. The van der Waals surface area contributed by atoms with Gasteiger partial charge in [0, 0.05) is 18.1 Å². The highest BCUT2D eigenvalue weighted by Crippen LogP contribution is 2.39. The van der Waals surface area contributed by atoms with Crippen LogP contribution in [0.15, 0.2) is 76.5 Å². The van der Waals surface area contributed by atoms with E-state index in [0.717, 1.165) is 22.7 Å². The summed E-state index contributed by atoms with van der Waals surface area (Å²) in [6.45, 7) is 2.89. The van der Waals surface area contributed by atoms with Gasteiger partial charge < -0.3 is 14.8 Å². The van der Waals surface area contributed by atoms with Crippen LogP contribution in [0.5, 0.6) is 11.5 Å². The van der Waals surface area contributed by atoms with Crippen molar-refractivity contribution in [1.82, 2.24) is 9.62 Å². The van der Waals surface area contributed by atoms with E-state index < -0.39 is 32.1 Å². The average Bonchev–Trinajstić information content (AvgIpc) is 3.51. The van der Waals surface area contributed by atoms with Crippen LogP contribution < -0.4 is 19.1 Å². The molecule has 41 heavy (non-hydrogen) atoms. The summed E-state index contributed by atoms with van der Waals surface area (Å²) in [7, 11) is -7.52. The van der Waals surface area contributed by atoms with E-state index in [1.165, 1.54) is 40.7 Å². The van der Waals surface area contributed by atoms with Crippen LogP contribution in [0.25, 0.3) is 0 Å². The van der Waals surface area contributed by atoms with Crippen molar-refractivity contribution in [3.05, 3.63) is 77.3 Å². The lowest BCUT2D eigenvalue weighted by molar-refractivity contribution is -0.127. The summed E-state index contributed by atoms with van der Waals surface area (Å²) < 4.78 is 66.6. The summed E-state index contributed by atoms with van der Waals surface area (Å²) in [5.74, 6) is 0.164. The lowest BCUT2D eigenvalue weighted by Gasteiger charge is -2.34. The fraction of sp³-hybridized carbons (Fsp3) is 0.321. The quantitative estimate of drug-likeness (QED) is 0.363. The highest BCUT2D eigenvalue weighted by atomic mass is 35.5. The first kappa shape index (κ1) is 29.2. The van der Waals surface area contributed by atoms with E-state index in [2.05, 4.69) is 5.32 Å². The van der Waals surface area contributed by atoms with Crippen molar-refractivity contribution in [1.29, 1.82) is 0 Å². The molecule has 1 saturated heterocycles. The number of carbonyl (C=O) groups excluding carboxylic acids is 1. The Morgan fingerprint density at radius 3 is 2.27 bits per heavy atom. The zero-order valence-corrected chi connectivity index (χ0v) is 24.7. The smallest absolute Gasteiger partial charge is 0.264 e. The predicted octanol–water partition coefficient (Wildman–Crippen LogP) is 3.58. The Labute approximate surface area is 244 Å². The van der Waals surface area contributed by atoms with E-state index in [4.69, 9.17) is 21.1 Å². The van der Waals surface area contributed by atoms with Gasteiger partial charge in [0.2, 0.25) is 10.0 Å². The predicted molar refractivity (Wildman–Crippen MR) is 155 cm³/mol. The number of ether oxygens (including phenoxy) is 2. The van der Waals surface area contributed by atoms with Gasteiger partial charge in [-0.25, -0.2) is 16.8 Å². The summed E-state index contributed by atoms with van der Waals surface area (Å²) in [6.07, 6.45) is 0.609. The van der Waals surface area contributed by atoms with E-state index in [0.29, 0.717) is 23.9 Å². The summed E-state index contributed by atoms with van der Waals surface area (Å²) in [6, 6.07) is 17.2. The maximum absolute atomic E-state index is 13.6. The molecule has 3 aromatic carbocycles. The first-order valence-corrected chi connectivity index (χ1v) is 16.4. The first-order valence-electron chi connectivity index (χ1n) is 13.1. The van der Waals surface area contributed by atoms with Crippen molar-refractivity contribution in [2.75, 3.05) is 37.1 Å². The second-order valence-electron chi connectivity index (χ2n) is 9.79. The minimum atomic E-state index is -4.01. The Morgan fingerprint density at radius 2 is 1.59 bits per heavy atom. The lowest BCUT2D eigenvalue weighted by Crippen LogP contribution is -2.51. The van der Waals surface area contributed by atoms with Gasteiger partial charge in [-0.2, -0.15) is 4.31 Å². The molecule has 1 amide bonds. The van der Waals surface area contributed by atoms with Gasteiger partial charge in [0.1, 0.15) is 18.1 Å². The standard InChI is InChI=1S/C28H30ClN3O7S2/c1-20-4-9-24(10-5-20)41(36,37)32-19-27(39-26-13-6-21(29)18-25(26)32)28(33)30-14-17-38-22-7-11-23(12-8-22)40(34,35)31-15-2-3-16-31/h4-13,18,27H,2-3,14-17,19H2,1H3,(H,30,33)/t27-/m1/s1. The number of sulfonamides is 2. The number of anilines is 1. The lowest BCUT2D eigenvalue weighted by atomic mass is 10.2. The monoisotopic (exact) mass is 619 g/mol. The topological polar surface area (TPSA) is 122 Å². The number of aryl methyl sites for hydroxylation is 1.